The highest BCUT2D eigenvalue weighted by molar-refractivity contribution is 5.71. The maximum atomic E-state index is 15.6. The van der Waals surface area contributed by atoms with Gasteiger partial charge in [-0.15, -0.1) is 0 Å². The molecule has 3 aromatic carbocycles. The standard InChI is InChI=1S/C34H38F4O3/c1-5-8-22(19-31(39)40-4)24-9-6-11-30(32(24)36)41-20-21-12-14-25(26(17-21)28-10-7-16-34(28,2)3)27-18-23(33(37)38)13-15-29(27)35/h6,9,11-15,17-18,22,28,33H,5,7-8,10,16,19-20H2,1-4H3/t22-,28-/m0/s1. The van der Waals surface area contributed by atoms with Crippen LogP contribution < -0.4 is 4.74 Å². The van der Waals surface area contributed by atoms with Gasteiger partial charge in [0.15, 0.2) is 11.6 Å². The van der Waals surface area contributed by atoms with Crippen LogP contribution in [0.15, 0.2) is 54.6 Å². The summed E-state index contributed by atoms with van der Waals surface area (Å²) in [5.74, 6) is -1.61. The van der Waals surface area contributed by atoms with E-state index in [2.05, 4.69) is 13.8 Å². The molecule has 0 amide bonds. The predicted molar refractivity (Wildman–Crippen MR) is 152 cm³/mol. The molecule has 1 saturated carbocycles. The van der Waals surface area contributed by atoms with Gasteiger partial charge in [0.05, 0.1) is 13.5 Å². The first-order valence-corrected chi connectivity index (χ1v) is 14.2. The molecule has 220 valence electrons. The van der Waals surface area contributed by atoms with E-state index >= 15 is 8.78 Å². The highest BCUT2D eigenvalue weighted by atomic mass is 19.3. The molecule has 0 aromatic heterocycles. The molecule has 0 N–H and O–H groups in total. The van der Waals surface area contributed by atoms with Crippen molar-refractivity contribution in [3.63, 3.8) is 0 Å². The molecule has 4 rings (SSSR count). The third-order valence-corrected chi connectivity index (χ3v) is 8.39. The van der Waals surface area contributed by atoms with Gasteiger partial charge in [-0.05, 0) is 77.0 Å². The van der Waals surface area contributed by atoms with E-state index in [4.69, 9.17) is 9.47 Å². The zero-order valence-electron chi connectivity index (χ0n) is 24.1. The average molecular weight is 571 g/mol. The number of carbonyl (C=O) groups is 1. The number of alkyl halides is 2. The molecule has 3 aromatic rings. The van der Waals surface area contributed by atoms with Crippen molar-refractivity contribution >= 4 is 5.97 Å². The monoisotopic (exact) mass is 570 g/mol. The summed E-state index contributed by atoms with van der Waals surface area (Å²) in [7, 11) is 1.32. The smallest absolute Gasteiger partial charge is 0.306 e. The minimum absolute atomic E-state index is 0.0562. The van der Waals surface area contributed by atoms with Gasteiger partial charge in [0.1, 0.15) is 12.4 Å². The van der Waals surface area contributed by atoms with E-state index in [9.17, 15) is 13.6 Å². The maximum Gasteiger partial charge on any atom is 0.306 e. The van der Waals surface area contributed by atoms with E-state index in [-0.39, 0.29) is 47.2 Å². The molecule has 0 unspecified atom stereocenters. The number of halogens is 4. The normalized spacial score (nSPS) is 17.0. The van der Waals surface area contributed by atoms with Gasteiger partial charge in [0, 0.05) is 11.1 Å². The molecule has 0 saturated heterocycles. The lowest BCUT2D eigenvalue weighted by Gasteiger charge is -2.30. The van der Waals surface area contributed by atoms with Crippen LogP contribution in [0.1, 0.15) is 99.8 Å². The van der Waals surface area contributed by atoms with Crippen LogP contribution in [-0.4, -0.2) is 13.1 Å². The fourth-order valence-corrected chi connectivity index (χ4v) is 6.14. The van der Waals surface area contributed by atoms with E-state index in [0.717, 1.165) is 48.9 Å². The van der Waals surface area contributed by atoms with Crippen molar-refractivity contribution < 1.29 is 31.8 Å². The van der Waals surface area contributed by atoms with Crippen LogP contribution in [0, 0.1) is 17.0 Å². The Morgan fingerprint density at radius 1 is 1.05 bits per heavy atom. The van der Waals surface area contributed by atoms with Gasteiger partial charge in [-0.3, -0.25) is 4.79 Å². The van der Waals surface area contributed by atoms with Gasteiger partial charge in [-0.25, -0.2) is 17.6 Å². The largest absolute Gasteiger partial charge is 0.486 e. The zero-order valence-corrected chi connectivity index (χ0v) is 24.1. The minimum Gasteiger partial charge on any atom is -0.486 e. The van der Waals surface area contributed by atoms with Gasteiger partial charge >= 0.3 is 5.97 Å². The van der Waals surface area contributed by atoms with E-state index in [1.54, 1.807) is 30.3 Å². The van der Waals surface area contributed by atoms with E-state index in [0.29, 0.717) is 17.5 Å². The fourth-order valence-electron chi connectivity index (χ4n) is 6.14. The Kier molecular flexibility index (Phi) is 9.77. The summed E-state index contributed by atoms with van der Waals surface area (Å²) in [6, 6.07) is 13.9. The average Bonchev–Trinajstić information content (AvgIpc) is 3.30. The molecular weight excluding hydrogens is 532 g/mol. The number of ether oxygens (including phenoxy) is 2. The number of rotatable bonds is 11. The summed E-state index contributed by atoms with van der Waals surface area (Å²) >= 11 is 0. The number of methoxy groups -OCH3 is 1. The lowest BCUT2D eigenvalue weighted by atomic mass is 9.75. The summed E-state index contributed by atoms with van der Waals surface area (Å²) in [5.41, 5.74) is 2.52. The fraction of sp³-hybridized carbons (Fsp3) is 0.441. The summed E-state index contributed by atoms with van der Waals surface area (Å²) < 4.78 is 68.3. The molecule has 0 aliphatic heterocycles. The number of hydrogen-bond acceptors (Lipinski definition) is 3. The molecular formula is C34H38F4O3. The van der Waals surface area contributed by atoms with Crippen LogP contribution >= 0.6 is 0 Å². The first-order chi connectivity index (χ1) is 19.6. The van der Waals surface area contributed by atoms with Crippen molar-refractivity contribution in [1.29, 1.82) is 0 Å². The highest BCUT2D eigenvalue weighted by Gasteiger charge is 2.37. The molecule has 41 heavy (non-hydrogen) atoms. The van der Waals surface area contributed by atoms with E-state index < -0.39 is 24.0 Å². The second-order valence-corrected chi connectivity index (χ2v) is 11.6. The lowest BCUT2D eigenvalue weighted by Crippen LogP contribution is -2.17. The van der Waals surface area contributed by atoms with Crippen LogP contribution in [0.5, 0.6) is 5.75 Å². The third-order valence-electron chi connectivity index (χ3n) is 8.39. The SMILES string of the molecule is CCC[C@@H](CC(=O)OC)c1cccc(OCc2ccc(-c3cc(C(F)F)ccc3F)c([C@@H]3CCCC3(C)C)c2)c1F. The van der Waals surface area contributed by atoms with Crippen LogP contribution in [0.4, 0.5) is 17.6 Å². The molecule has 7 heteroatoms. The second-order valence-electron chi connectivity index (χ2n) is 11.6. The van der Waals surface area contributed by atoms with E-state index in [1.165, 1.54) is 13.2 Å². The summed E-state index contributed by atoms with van der Waals surface area (Å²) in [5, 5.41) is 0. The lowest BCUT2D eigenvalue weighted by molar-refractivity contribution is -0.141. The van der Waals surface area contributed by atoms with Crippen LogP contribution in [-0.2, 0) is 16.1 Å². The Hall–Kier alpha value is -3.35. The molecule has 1 fully saturated rings. The van der Waals surface area contributed by atoms with Crippen molar-refractivity contribution in [1.82, 2.24) is 0 Å². The number of carbonyl (C=O) groups excluding carboxylic acids is 1. The molecule has 0 heterocycles. The Bertz CT molecular complexity index is 1370. The quantitative estimate of drug-likeness (QED) is 0.170. The Morgan fingerprint density at radius 3 is 2.49 bits per heavy atom. The topological polar surface area (TPSA) is 35.5 Å². The summed E-state index contributed by atoms with van der Waals surface area (Å²) in [6.07, 6.45) is 1.69. The van der Waals surface area contributed by atoms with Crippen LogP contribution in [0.2, 0.25) is 0 Å². The minimum atomic E-state index is -2.71. The molecule has 1 aliphatic carbocycles. The first kappa shape index (κ1) is 30.6. The van der Waals surface area contributed by atoms with Gasteiger partial charge in [0.2, 0.25) is 0 Å². The van der Waals surface area contributed by atoms with Crippen molar-refractivity contribution in [3.8, 4) is 16.9 Å². The number of hydrogen-bond donors (Lipinski definition) is 0. The number of benzene rings is 3. The van der Waals surface area contributed by atoms with Gasteiger partial charge < -0.3 is 9.47 Å². The Balaban J connectivity index is 1.67. The molecule has 3 nitrogen and oxygen atoms in total. The third kappa shape index (κ3) is 6.94. The predicted octanol–water partition coefficient (Wildman–Crippen LogP) is 9.89. The van der Waals surface area contributed by atoms with E-state index in [1.807, 2.05) is 13.0 Å². The van der Waals surface area contributed by atoms with Gasteiger partial charge in [0.25, 0.3) is 6.43 Å². The molecule has 1 aliphatic rings. The zero-order chi connectivity index (χ0) is 29.7. The van der Waals surface area contributed by atoms with Gasteiger partial charge in [-0.1, -0.05) is 70.0 Å². The Labute approximate surface area is 239 Å². The highest BCUT2D eigenvalue weighted by Crippen LogP contribution is 2.51. The summed E-state index contributed by atoms with van der Waals surface area (Å²) in [6.45, 7) is 6.39. The van der Waals surface area contributed by atoms with Crippen LogP contribution in [0.25, 0.3) is 11.1 Å². The Morgan fingerprint density at radius 2 is 1.83 bits per heavy atom. The second kappa shape index (κ2) is 13.1. The molecule has 0 radical (unpaired) electrons. The van der Waals surface area contributed by atoms with Crippen LogP contribution in [0.3, 0.4) is 0 Å². The maximum absolute atomic E-state index is 15.6. The van der Waals surface area contributed by atoms with Crippen molar-refractivity contribution in [2.24, 2.45) is 5.41 Å². The molecule has 0 bridgehead atoms. The molecule has 2 atom stereocenters. The van der Waals surface area contributed by atoms with Crippen molar-refractivity contribution in [3.05, 3.63) is 88.5 Å². The molecule has 0 spiro atoms. The van der Waals surface area contributed by atoms with Crippen molar-refractivity contribution in [2.45, 2.75) is 84.2 Å². The first-order valence-electron chi connectivity index (χ1n) is 14.2. The van der Waals surface area contributed by atoms with Crippen molar-refractivity contribution in [2.75, 3.05) is 7.11 Å². The number of esters is 1. The summed E-state index contributed by atoms with van der Waals surface area (Å²) in [4.78, 5) is 11.9. The van der Waals surface area contributed by atoms with Gasteiger partial charge in [-0.2, -0.15) is 0 Å².